The first-order chi connectivity index (χ1) is 13.9. The highest BCUT2D eigenvalue weighted by Crippen LogP contribution is 2.59. The molecule has 1 saturated heterocycles. The Morgan fingerprint density at radius 3 is 2.30 bits per heavy atom. The van der Waals surface area contributed by atoms with Crippen LogP contribution in [0.5, 0.6) is 0 Å². The minimum atomic E-state index is -4.72. The molecule has 3 saturated carbocycles. The molecule has 7 nitrogen and oxygen atoms in total. The number of sulfone groups is 1. The third-order valence-corrected chi connectivity index (χ3v) is 9.03. The summed E-state index contributed by atoms with van der Waals surface area (Å²) in [5, 5.41) is 1.76. The fourth-order valence-corrected chi connectivity index (χ4v) is 6.42. The molecule has 0 aromatic carbocycles. The predicted octanol–water partition coefficient (Wildman–Crippen LogP) is 1.47. The molecule has 3 aliphatic carbocycles. The van der Waals surface area contributed by atoms with Crippen LogP contribution >= 0.6 is 0 Å². The molecule has 2 amide bonds. The molecule has 1 aliphatic heterocycles. The maximum absolute atomic E-state index is 13.5. The Bertz CT molecular complexity index is 874. The summed E-state index contributed by atoms with van der Waals surface area (Å²) >= 11 is 0. The number of rotatable bonds is 7. The van der Waals surface area contributed by atoms with Crippen LogP contribution in [0.1, 0.15) is 44.9 Å². The van der Waals surface area contributed by atoms with E-state index in [0.717, 1.165) is 17.7 Å². The van der Waals surface area contributed by atoms with E-state index in [-0.39, 0.29) is 37.5 Å². The number of carbonyl (C=O) groups is 2. The van der Waals surface area contributed by atoms with Crippen molar-refractivity contribution in [2.75, 3.05) is 19.3 Å². The summed E-state index contributed by atoms with van der Waals surface area (Å²) in [6.07, 6.45) is -1.05. The highest BCUT2D eigenvalue weighted by Gasteiger charge is 2.70. The second-order valence-corrected chi connectivity index (χ2v) is 11.5. The first-order valence-corrected chi connectivity index (χ1v) is 12.0. The van der Waals surface area contributed by atoms with Crippen LogP contribution in [-0.2, 0) is 19.4 Å². The molecular formula is C19H26F3N3O4S. The highest BCUT2D eigenvalue weighted by atomic mass is 32.2. The van der Waals surface area contributed by atoms with Gasteiger partial charge in [-0.15, -0.1) is 0 Å². The van der Waals surface area contributed by atoms with Gasteiger partial charge in [-0.2, -0.15) is 13.2 Å². The van der Waals surface area contributed by atoms with Crippen molar-refractivity contribution in [1.29, 1.82) is 0 Å². The number of nitrogens with zero attached hydrogens (tertiary/aromatic N) is 2. The van der Waals surface area contributed by atoms with E-state index in [1.807, 2.05) is 0 Å². The van der Waals surface area contributed by atoms with E-state index in [1.54, 1.807) is 13.3 Å². The zero-order chi connectivity index (χ0) is 21.9. The summed E-state index contributed by atoms with van der Waals surface area (Å²) < 4.78 is 66.1. The van der Waals surface area contributed by atoms with Gasteiger partial charge in [0.1, 0.15) is 11.5 Å². The maximum atomic E-state index is 13.5. The van der Waals surface area contributed by atoms with Gasteiger partial charge in [-0.05, 0) is 50.9 Å². The van der Waals surface area contributed by atoms with Gasteiger partial charge in [0.05, 0.1) is 16.5 Å². The molecule has 0 spiro atoms. The summed E-state index contributed by atoms with van der Waals surface area (Å²) in [6.45, 7) is -0.362. The van der Waals surface area contributed by atoms with Crippen molar-refractivity contribution in [1.82, 2.24) is 10.2 Å². The van der Waals surface area contributed by atoms with Crippen LogP contribution in [-0.4, -0.2) is 73.7 Å². The van der Waals surface area contributed by atoms with Crippen LogP contribution in [0.4, 0.5) is 13.2 Å². The number of hydrogen-bond donors (Lipinski definition) is 1. The maximum Gasteiger partial charge on any atom is 0.403 e. The zero-order valence-electron chi connectivity index (χ0n) is 16.7. The number of halogens is 3. The molecule has 0 radical (unpaired) electrons. The summed E-state index contributed by atoms with van der Waals surface area (Å²) in [5.41, 5.74) is -3.13. The van der Waals surface area contributed by atoms with Crippen LogP contribution in [0.3, 0.4) is 0 Å². The average molecular weight is 449 g/mol. The fourth-order valence-electron chi connectivity index (χ4n) is 4.30. The number of amides is 2. The first kappa shape index (κ1) is 21.6. The Labute approximate surface area is 173 Å². The molecule has 4 aliphatic rings. The normalized spacial score (nSPS) is 29.8. The van der Waals surface area contributed by atoms with Crippen LogP contribution < -0.4 is 5.32 Å². The molecule has 168 valence electrons. The third kappa shape index (κ3) is 3.85. The first-order valence-electron chi connectivity index (χ1n) is 10.3. The van der Waals surface area contributed by atoms with Gasteiger partial charge in [0, 0.05) is 19.8 Å². The van der Waals surface area contributed by atoms with E-state index in [9.17, 15) is 31.2 Å². The van der Waals surface area contributed by atoms with Crippen LogP contribution in [0.15, 0.2) is 4.99 Å². The minimum absolute atomic E-state index is 0.0368. The minimum Gasteiger partial charge on any atom is -0.344 e. The lowest BCUT2D eigenvalue weighted by molar-refractivity contribution is -0.199. The number of nitrogens with one attached hydrogen (secondary N) is 1. The quantitative estimate of drug-likeness (QED) is 0.596. The molecule has 30 heavy (non-hydrogen) atoms. The van der Waals surface area contributed by atoms with Crippen molar-refractivity contribution in [2.24, 2.45) is 16.3 Å². The molecule has 11 heteroatoms. The van der Waals surface area contributed by atoms with Gasteiger partial charge in [-0.3, -0.25) is 14.6 Å². The van der Waals surface area contributed by atoms with Crippen LogP contribution in [0.2, 0.25) is 0 Å². The summed E-state index contributed by atoms with van der Waals surface area (Å²) in [5.74, 6) is -1.74. The largest absolute Gasteiger partial charge is 0.403 e. The third-order valence-electron chi connectivity index (χ3n) is 6.74. The van der Waals surface area contributed by atoms with E-state index < -0.39 is 50.1 Å². The zero-order valence-corrected chi connectivity index (χ0v) is 17.6. The molecule has 2 unspecified atom stereocenters. The number of alkyl halides is 3. The Morgan fingerprint density at radius 2 is 1.83 bits per heavy atom. The lowest BCUT2D eigenvalue weighted by atomic mass is 10.0. The molecule has 4 rings (SSSR count). The van der Waals surface area contributed by atoms with Gasteiger partial charge >= 0.3 is 6.18 Å². The molecule has 1 heterocycles. The van der Waals surface area contributed by atoms with Crippen LogP contribution in [0, 0.1) is 11.3 Å². The van der Waals surface area contributed by atoms with Gasteiger partial charge in [0.2, 0.25) is 11.8 Å². The topological polar surface area (TPSA) is 95.9 Å². The Kier molecular flexibility index (Phi) is 4.98. The van der Waals surface area contributed by atoms with Gasteiger partial charge < -0.3 is 10.2 Å². The lowest BCUT2D eigenvalue weighted by Gasteiger charge is -2.30. The number of likely N-dealkylation sites (tertiary alicyclic amines) is 1. The number of hydrogen-bond acceptors (Lipinski definition) is 5. The predicted molar refractivity (Wildman–Crippen MR) is 103 cm³/mol. The molecule has 2 atom stereocenters. The summed E-state index contributed by atoms with van der Waals surface area (Å²) in [4.78, 5) is 30.7. The van der Waals surface area contributed by atoms with Gasteiger partial charge in [0.15, 0.2) is 9.84 Å². The van der Waals surface area contributed by atoms with Crippen molar-refractivity contribution >= 4 is 27.9 Å². The van der Waals surface area contributed by atoms with Crippen molar-refractivity contribution < 1.29 is 31.2 Å². The Hall–Kier alpha value is -1.65. The van der Waals surface area contributed by atoms with E-state index in [4.69, 9.17) is 0 Å². The standard InChI is InChI=1S/C19H26F3N3O4S/c1-23-11-17(4-5-17)24-15(26)14-8-13(30(28,29)10-12-2-3-12)9-25(14)16(27)18(6-7-18)19(20,21)22/h11-14H,2-10H2,1H3,(H,24,26). The van der Waals surface area contributed by atoms with Gasteiger partial charge in [0.25, 0.3) is 0 Å². The van der Waals surface area contributed by atoms with E-state index in [0.29, 0.717) is 12.8 Å². The monoisotopic (exact) mass is 449 g/mol. The Balaban J connectivity index is 1.57. The smallest absolute Gasteiger partial charge is 0.344 e. The van der Waals surface area contributed by atoms with Crippen molar-refractivity contribution in [3.63, 3.8) is 0 Å². The molecule has 4 fully saturated rings. The van der Waals surface area contributed by atoms with Gasteiger partial charge in [-0.1, -0.05) is 0 Å². The van der Waals surface area contributed by atoms with Crippen LogP contribution in [0.25, 0.3) is 0 Å². The lowest BCUT2D eigenvalue weighted by Crippen LogP contribution is -2.53. The van der Waals surface area contributed by atoms with Crippen molar-refractivity contribution in [3.8, 4) is 0 Å². The number of aliphatic imine (C=N–C) groups is 1. The fraction of sp³-hybridized carbons (Fsp3) is 0.842. The summed E-state index contributed by atoms with van der Waals surface area (Å²) in [7, 11) is -2.06. The van der Waals surface area contributed by atoms with Gasteiger partial charge in [-0.25, -0.2) is 8.42 Å². The Morgan fingerprint density at radius 1 is 1.20 bits per heavy atom. The molecule has 0 aromatic rings. The van der Waals surface area contributed by atoms with E-state index in [2.05, 4.69) is 10.3 Å². The van der Waals surface area contributed by atoms with Crippen molar-refractivity contribution in [3.05, 3.63) is 0 Å². The second-order valence-electron chi connectivity index (χ2n) is 9.22. The summed E-state index contributed by atoms with van der Waals surface area (Å²) in [6, 6.07) is -1.22. The highest BCUT2D eigenvalue weighted by molar-refractivity contribution is 7.92. The SMILES string of the molecule is CN=CC1(NC(=O)C2CC(S(=O)(=O)CC3CC3)CN2C(=O)C2(C(F)(F)F)CC2)CC1. The number of carbonyl (C=O) groups excluding carboxylic acids is 2. The second kappa shape index (κ2) is 6.93. The molecule has 1 N–H and O–H groups in total. The molecule has 0 bridgehead atoms. The van der Waals surface area contributed by atoms with E-state index in [1.165, 1.54) is 0 Å². The average Bonchev–Trinajstić information content (AvgIpc) is 3.52. The van der Waals surface area contributed by atoms with E-state index >= 15 is 0 Å². The molecule has 0 aromatic heterocycles. The molecular weight excluding hydrogens is 423 g/mol. The van der Waals surface area contributed by atoms with Crippen molar-refractivity contribution in [2.45, 2.75) is 68.0 Å².